The molecule has 0 saturated heterocycles. The Morgan fingerprint density at radius 2 is 1.79 bits per heavy atom. The molecule has 3 nitrogen and oxygen atoms in total. The largest absolute Gasteiger partial charge is 0.498 e. The molecule has 1 aromatic rings. The van der Waals surface area contributed by atoms with E-state index in [0.717, 1.165) is 11.5 Å². The molecule has 14 heavy (non-hydrogen) atoms. The molecule has 0 amide bonds. The fourth-order valence-corrected chi connectivity index (χ4v) is 0.963. The van der Waals surface area contributed by atoms with Crippen LogP contribution in [-0.2, 0) is 4.74 Å². The van der Waals surface area contributed by atoms with Crippen LogP contribution in [0.3, 0.4) is 0 Å². The summed E-state index contributed by atoms with van der Waals surface area (Å²) in [6.45, 7) is 4.46. The smallest absolute Gasteiger partial charge is 0.122 e. The van der Waals surface area contributed by atoms with Crippen LogP contribution in [0.25, 0.3) is 0 Å². The van der Waals surface area contributed by atoms with E-state index in [2.05, 4.69) is 6.58 Å². The lowest BCUT2D eigenvalue weighted by molar-refractivity contribution is 0.179. The van der Waals surface area contributed by atoms with Crippen molar-refractivity contribution in [1.82, 2.24) is 0 Å². The molecule has 76 valence electrons. The van der Waals surface area contributed by atoms with Gasteiger partial charge in [0.1, 0.15) is 24.7 Å². The van der Waals surface area contributed by atoms with Crippen molar-refractivity contribution in [2.24, 2.45) is 0 Å². The fourth-order valence-electron chi connectivity index (χ4n) is 0.963. The van der Waals surface area contributed by atoms with Crippen LogP contribution < -0.4 is 9.47 Å². The first-order chi connectivity index (χ1) is 6.86. The Bertz CT molecular complexity index is 266. The van der Waals surface area contributed by atoms with Gasteiger partial charge in [-0.15, -0.1) is 0 Å². The number of benzene rings is 1. The monoisotopic (exact) mass is 194 g/mol. The second-order valence-electron chi connectivity index (χ2n) is 2.56. The maximum atomic E-state index is 5.38. The van der Waals surface area contributed by atoms with Crippen LogP contribution in [-0.4, -0.2) is 20.3 Å². The van der Waals surface area contributed by atoms with Crippen molar-refractivity contribution in [3.63, 3.8) is 0 Å². The summed E-state index contributed by atoms with van der Waals surface area (Å²) in [6, 6.07) is 7.41. The number of hydrogen-bond donors (Lipinski definition) is 0. The van der Waals surface area contributed by atoms with Crippen molar-refractivity contribution in [2.45, 2.75) is 0 Å². The van der Waals surface area contributed by atoms with Crippen LogP contribution >= 0.6 is 0 Å². The molecule has 0 heterocycles. The van der Waals surface area contributed by atoms with Gasteiger partial charge in [-0.3, -0.25) is 0 Å². The van der Waals surface area contributed by atoms with Crippen molar-refractivity contribution >= 4 is 0 Å². The third kappa shape index (κ3) is 3.39. The zero-order valence-corrected chi connectivity index (χ0v) is 8.23. The Kier molecular flexibility index (Phi) is 4.41. The van der Waals surface area contributed by atoms with E-state index in [-0.39, 0.29) is 0 Å². The first-order valence-corrected chi connectivity index (χ1v) is 4.36. The maximum absolute atomic E-state index is 5.38. The number of ether oxygens (including phenoxy) is 3. The molecule has 0 unspecified atom stereocenters. The van der Waals surface area contributed by atoms with Gasteiger partial charge in [-0.1, -0.05) is 6.58 Å². The average molecular weight is 194 g/mol. The lowest BCUT2D eigenvalue weighted by atomic mass is 10.3. The van der Waals surface area contributed by atoms with Crippen molar-refractivity contribution in [3.05, 3.63) is 37.1 Å². The highest BCUT2D eigenvalue weighted by molar-refractivity contribution is 5.31. The molecule has 0 aliphatic rings. The molecule has 0 aliphatic heterocycles. The van der Waals surface area contributed by atoms with E-state index in [1.165, 1.54) is 6.26 Å². The fraction of sp³-hybridized carbons (Fsp3) is 0.273. The summed E-state index contributed by atoms with van der Waals surface area (Å²) in [7, 11) is 1.63. The minimum Gasteiger partial charge on any atom is -0.498 e. The zero-order valence-electron chi connectivity index (χ0n) is 8.23. The Balaban J connectivity index is 2.32. The highest BCUT2D eigenvalue weighted by Gasteiger charge is 1.94. The van der Waals surface area contributed by atoms with E-state index < -0.39 is 0 Å². The zero-order chi connectivity index (χ0) is 10.2. The standard InChI is InChI=1S/C11H14O3/c1-3-13-8-9-14-11-6-4-10(12-2)5-7-11/h3-7H,1,8-9H2,2H3. The molecule has 1 aromatic carbocycles. The van der Waals surface area contributed by atoms with Crippen LogP contribution in [0, 0.1) is 0 Å². The average Bonchev–Trinajstić information content (AvgIpc) is 2.25. The summed E-state index contributed by atoms with van der Waals surface area (Å²) in [4.78, 5) is 0. The van der Waals surface area contributed by atoms with Gasteiger partial charge in [-0.25, -0.2) is 0 Å². The Hall–Kier alpha value is -1.64. The lowest BCUT2D eigenvalue weighted by Crippen LogP contribution is -2.03. The first kappa shape index (κ1) is 10.4. The van der Waals surface area contributed by atoms with Gasteiger partial charge in [0.15, 0.2) is 0 Å². The third-order valence-electron chi connectivity index (χ3n) is 1.65. The van der Waals surface area contributed by atoms with Crippen LogP contribution in [0.5, 0.6) is 11.5 Å². The van der Waals surface area contributed by atoms with E-state index in [9.17, 15) is 0 Å². The second-order valence-corrected chi connectivity index (χ2v) is 2.56. The minimum absolute atomic E-state index is 0.509. The Morgan fingerprint density at radius 3 is 2.36 bits per heavy atom. The molecular formula is C11H14O3. The normalized spacial score (nSPS) is 9.21. The predicted molar refractivity (Wildman–Crippen MR) is 54.6 cm³/mol. The molecule has 0 bridgehead atoms. The van der Waals surface area contributed by atoms with Gasteiger partial charge in [0.25, 0.3) is 0 Å². The minimum atomic E-state index is 0.509. The number of hydrogen-bond acceptors (Lipinski definition) is 3. The predicted octanol–water partition coefficient (Wildman–Crippen LogP) is 2.23. The summed E-state index contributed by atoms with van der Waals surface area (Å²) < 4.78 is 15.3. The molecule has 3 heteroatoms. The van der Waals surface area contributed by atoms with Crippen molar-refractivity contribution in [1.29, 1.82) is 0 Å². The molecule has 0 aromatic heterocycles. The molecule has 0 radical (unpaired) electrons. The van der Waals surface area contributed by atoms with Gasteiger partial charge in [0.2, 0.25) is 0 Å². The maximum Gasteiger partial charge on any atom is 0.122 e. The van der Waals surface area contributed by atoms with Crippen molar-refractivity contribution in [2.75, 3.05) is 20.3 Å². The molecule has 0 spiro atoms. The van der Waals surface area contributed by atoms with Gasteiger partial charge in [0, 0.05) is 0 Å². The highest BCUT2D eigenvalue weighted by atomic mass is 16.5. The number of methoxy groups -OCH3 is 1. The molecule has 0 atom stereocenters. The number of rotatable bonds is 6. The lowest BCUT2D eigenvalue weighted by Gasteiger charge is -2.06. The van der Waals surface area contributed by atoms with Crippen molar-refractivity contribution < 1.29 is 14.2 Å². The van der Waals surface area contributed by atoms with Gasteiger partial charge in [-0.05, 0) is 24.3 Å². The van der Waals surface area contributed by atoms with Crippen molar-refractivity contribution in [3.8, 4) is 11.5 Å². The van der Waals surface area contributed by atoms with Gasteiger partial charge in [0.05, 0.1) is 13.4 Å². The topological polar surface area (TPSA) is 27.7 Å². The Labute approximate surface area is 83.9 Å². The van der Waals surface area contributed by atoms with E-state index in [1.54, 1.807) is 7.11 Å². The SMILES string of the molecule is C=COCCOc1ccc(OC)cc1. The summed E-state index contributed by atoms with van der Waals surface area (Å²) in [5.74, 6) is 1.62. The van der Waals surface area contributed by atoms with E-state index in [4.69, 9.17) is 14.2 Å². The molecule has 0 aliphatic carbocycles. The van der Waals surface area contributed by atoms with E-state index in [1.807, 2.05) is 24.3 Å². The van der Waals surface area contributed by atoms with Crippen LogP contribution in [0.15, 0.2) is 37.1 Å². The summed E-state index contributed by atoms with van der Waals surface area (Å²) in [5.41, 5.74) is 0. The quantitative estimate of drug-likeness (QED) is 0.513. The molecule has 0 saturated carbocycles. The third-order valence-corrected chi connectivity index (χ3v) is 1.65. The second kappa shape index (κ2) is 5.91. The van der Waals surface area contributed by atoms with E-state index in [0.29, 0.717) is 13.2 Å². The van der Waals surface area contributed by atoms with Crippen LogP contribution in [0.1, 0.15) is 0 Å². The summed E-state index contributed by atoms with van der Waals surface area (Å²) in [5, 5.41) is 0. The molecule has 0 fully saturated rings. The van der Waals surface area contributed by atoms with Gasteiger partial charge < -0.3 is 14.2 Å². The van der Waals surface area contributed by atoms with Gasteiger partial charge >= 0.3 is 0 Å². The van der Waals surface area contributed by atoms with E-state index >= 15 is 0 Å². The Morgan fingerprint density at radius 1 is 1.14 bits per heavy atom. The van der Waals surface area contributed by atoms with Crippen LogP contribution in [0.2, 0.25) is 0 Å². The summed E-state index contributed by atoms with van der Waals surface area (Å²) >= 11 is 0. The molecule has 0 N–H and O–H groups in total. The molecule has 1 rings (SSSR count). The molecular weight excluding hydrogens is 180 g/mol. The first-order valence-electron chi connectivity index (χ1n) is 4.36. The highest BCUT2D eigenvalue weighted by Crippen LogP contribution is 2.16. The van der Waals surface area contributed by atoms with Gasteiger partial charge in [-0.2, -0.15) is 0 Å². The summed E-state index contributed by atoms with van der Waals surface area (Å²) in [6.07, 6.45) is 1.40. The van der Waals surface area contributed by atoms with Crippen LogP contribution in [0.4, 0.5) is 0 Å².